The number of hydrogen-bond donors (Lipinski definition) is 2. The summed E-state index contributed by atoms with van der Waals surface area (Å²) in [6.45, 7) is 3.20. The van der Waals surface area contributed by atoms with E-state index in [1.807, 2.05) is 53.4 Å². The van der Waals surface area contributed by atoms with Crippen molar-refractivity contribution in [1.82, 2.24) is 15.2 Å². The van der Waals surface area contributed by atoms with Crippen molar-refractivity contribution in [1.29, 1.82) is 0 Å². The molecule has 5 rings (SSSR count). The number of pyridine rings is 1. The minimum atomic E-state index is -0.150. The molecule has 2 N–H and O–H groups in total. The highest BCUT2D eigenvalue weighted by molar-refractivity contribution is 7.80. The van der Waals surface area contributed by atoms with Gasteiger partial charge in [0.25, 0.3) is 5.56 Å². The fourth-order valence-electron chi connectivity index (χ4n) is 4.07. The summed E-state index contributed by atoms with van der Waals surface area (Å²) in [5, 5.41) is 4.91. The van der Waals surface area contributed by atoms with Gasteiger partial charge in [0.05, 0.1) is 18.1 Å². The van der Waals surface area contributed by atoms with Crippen molar-refractivity contribution in [3.8, 4) is 11.5 Å². The minimum Gasteiger partial charge on any atom is -0.454 e. The van der Waals surface area contributed by atoms with Gasteiger partial charge in [-0.2, -0.15) is 0 Å². The molecule has 1 aliphatic heterocycles. The molecule has 0 saturated heterocycles. The summed E-state index contributed by atoms with van der Waals surface area (Å²) in [5.41, 5.74) is 3.44. The fourth-order valence-corrected chi connectivity index (χ4v) is 4.38. The van der Waals surface area contributed by atoms with Crippen molar-refractivity contribution in [2.24, 2.45) is 0 Å². The molecule has 0 bridgehead atoms. The molecule has 34 heavy (non-hydrogen) atoms. The Kier molecular flexibility index (Phi) is 6.18. The Labute approximate surface area is 203 Å². The molecule has 0 radical (unpaired) electrons. The Morgan fingerprint density at radius 3 is 2.41 bits per heavy atom. The van der Waals surface area contributed by atoms with Crippen LogP contribution >= 0.6 is 12.2 Å². The molecule has 3 aromatic carbocycles. The number of ether oxygens (including phenoxy) is 2. The lowest BCUT2D eigenvalue weighted by atomic mass is 10.1. The molecule has 0 spiro atoms. The zero-order valence-electron chi connectivity index (χ0n) is 18.8. The molecule has 0 fully saturated rings. The molecule has 1 aliphatic rings. The van der Waals surface area contributed by atoms with Gasteiger partial charge in [-0.05, 0) is 42.4 Å². The van der Waals surface area contributed by atoms with Crippen LogP contribution in [0.1, 0.15) is 29.7 Å². The number of hydrogen-bond acceptors (Lipinski definition) is 4. The van der Waals surface area contributed by atoms with E-state index in [0.717, 1.165) is 16.5 Å². The highest BCUT2D eigenvalue weighted by Gasteiger charge is 2.18. The Bertz CT molecular complexity index is 1370. The Hall–Kier alpha value is -3.84. The summed E-state index contributed by atoms with van der Waals surface area (Å²) in [7, 11) is 0. The second-order valence-corrected chi connectivity index (χ2v) is 8.73. The predicted octanol–water partition coefficient (Wildman–Crippen LogP) is 4.89. The summed E-state index contributed by atoms with van der Waals surface area (Å²) >= 11 is 5.82. The third kappa shape index (κ3) is 4.75. The van der Waals surface area contributed by atoms with E-state index in [2.05, 4.69) is 41.5 Å². The number of nitrogens with zero attached hydrogens (tertiary/aromatic N) is 1. The number of nitrogens with one attached hydrogen (secondary N) is 2. The number of benzene rings is 3. The SMILES string of the molecule is CC(NC(=S)N(Cc1ccccc1)Cc1cc2cc3c(cc2[nH]c1=O)OCO3)c1ccccc1. The third-order valence-corrected chi connectivity index (χ3v) is 6.29. The number of H-pyrrole nitrogens is 1. The van der Waals surface area contributed by atoms with Gasteiger partial charge in [-0.15, -0.1) is 0 Å². The maximum absolute atomic E-state index is 13.0. The molecular weight excluding hydrogens is 446 g/mol. The maximum Gasteiger partial charge on any atom is 0.253 e. The minimum absolute atomic E-state index is 0.0293. The van der Waals surface area contributed by atoms with Gasteiger partial charge in [-0.1, -0.05) is 60.7 Å². The molecule has 7 heteroatoms. The largest absolute Gasteiger partial charge is 0.454 e. The fraction of sp³-hybridized carbons (Fsp3) is 0.185. The third-order valence-electron chi connectivity index (χ3n) is 5.92. The van der Waals surface area contributed by atoms with Crippen LogP contribution in [0.3, 0.4) is 0 Å². The van der Waals surface area contributed by atoms with Gasteiger partial charge in [0.2, 0.25) is 6.79 Å². The van der Waals surface area contributed by atoms with E-state index in [0.29, 0.717) is 40.8 Å². The Morgan fingerprint density at radius 1 is 1.00 bits per heavy atom. The highest BCUT2D eigenvalue weighted by atomic mass is 32.1. The molecule has 0 saturated carbocycles. The van der Waals surface area contributed by atoms with Crippen LogP contribution in [0.5, 0.6) is 11.5 Å². The van der Waals surface area contributed by atoms with Gasteiger partial charge in [-0.3, -0.25) is 4.79 Å². The van der Waals surface area contributed by atoms with Gasteiger partial charge in [0.15, 0.2) is 16.6 Å². The van der Waals surface area contributed by atoms with Gasteiger partial charge in [0.1, 0.15) is 0 Å². The number of rotatable bonds is 6. The Balaban J connectivity index is 1.43. The predicted molar refractivity (Wildman–Crippen MR) is 137 cm³/mol. The molecule has 2 heterocycles. The van der Waals surface area contributed by atoms with Crippen molar-refractivity contribution < 1.29 is 9.47 Å². The van der Waals surface area contributed by atoms with Crippen LogP contribution in [-0.4, -0.2) is 21.8 Å². The van der Waals surface area contributed by atoms with E-state index in [-0.39, 0.29) is 18.4 Å². The van der Waals surface area contributed by atoms with Crippen LogP contribution in [0.2, 0.25) is 0 Å². The molecular formula is C27H25N3O3S. The summed E-state index contributed by atoms with van der Waals surface area (Å²) in [6, 6.07) is 25.9. The van der Waals surface area contributed by atoms with Gasteiger partial charge < -0.3 is 24.7 Å². The first-order chi connectivity index (χ1) is 16.6. The molecule has 0 aliphatic carbocycles. The molecule has 6 nitrogen and oxygen atoms in total. The van der Waals surface area contributed by atoms with Gasteiger partial charge in [-0.25, -0.2) is 0 Å². The lowest BCUT2D eigenvalue weighted by molar-refractivity contribution is 0.174. The molecule has 1 aromatic heterocycles. The second-order valence-electron chi connectivity index (χ2n) is 8.34. The zero-order valence-corrected chi connectivity index (χ0v) is 19.6. The summed E-state index contributed by atoms with van der Waals surface area (Å²) in [4.78, 5) is 18.0. The first-order valence-corrected chi connectivity index (χ1v) is 11.6. The lowest BCUT2D eigenvalue weighted by Gasteiger charge is -2.28. The number of aromatic nitrogens is 1. The van der Waals surface area contributed by atoms with Crippen molar-refractivity contribution in [3.05, 3.63) is 106 Å². The normalized spacial score (nSPS) is 13.0. The summed E-state index contributed by atoms with van der Waals surface area (Å²) < 4.78 is 10.9. The second kappa shape index (κ2) is 9.57. The smallest absolute Gasteiger partial charge is 0.253 e. The lowest BCUT2D eigenvalue weighted by Crippen LogP contribution is -2.41. The monoisotopic (exact) mass is 471 g/mol. The standard InChI is InChI=1S/C27H25N3O3S/c1-18(20-10-6-3-7-11-20)28-27(34)30(15-19-8-4-2-5-9-19)16-22-12-21-13-24-25(33-17-32-24)14-23(21)29-26(22)31/h2-14,18H,15-17H2,1H3,(H,28,34)(H,29,31). The maximum atomic E-state index is 13.0. The van der Waals surface area contributed by atoms with E-state index in [1.165, 1.54) is 0 Å². The first kappa shape index (κ1) is 22.0. The molecule has 4 aromatic rings. The van der Waals surface area contributed by atoms with Crippen molar-refractivity contribution in [2.75, 3.05) is 6.79 Å². The number of thiocarbonyl (C=S) groups is 1. The van der Waals surface area contributed by atoms with E-state index >= 15 is 0 Å². The van der Waals surface area contributed by atoms with Crippen molar-refractivity contribution in [3.63, 3.8) is 0 Å². The topological polar surface area (TPSA) is 66.6 Å². The van der Waals surface area contributed by atoms with E-state index < -0.39 is 0 Å². The van der Waals surface area contributed by atoms with Crippen LogP contribution < -0.4 is 20.3 Å². The number of fused-ring (bicyclic) bond motifs is 2. The highest BCUT2D eigenvalue weighted by Crippen LogP contribution is 2.35. The quantitative estimate of drug-likeness (QED) is 0.390. The van der Waals surface area contributed by atoms with Crippen LogP contribution in [0.4, 0.5) is 0 Å². The Morgan fingerprint density at radius 2 is 1.68 bits per heavy atom. The molecule has 1 unspecified atom stereocenters. The van der Waals surface area contributed by atoms with Crippen LogP contribution in [-0.2, 0) is 13.1 Å². The van der Waals surface area contributed by atoms with E-state index in [4.69, 9.17) is 21.7 Å². The summed E-state index contributed by atoms with van der Waals surface area (Å²) in [5.74, 6) is 1.32. The van der Waals surface area contributed by atoms with Crippen molar-refractivity contribution >= 4 is 28.2 Å². The average molecular weight is 472 g/mol. The van der Waals surface area contributed by atoms with Crippen LogP contribution in [0, 0.1) is 0 Å². The van der Waals surface area contributed by atoms with Crippen LogP contribution in [0.25, 0.3) is 10.9 Å². The van der Waals surface area contributed by atoms with Gasteiger partial charge >= 0.3 is 0 Å². The number of aromatic amines is 1. The van der Waals surface area contributed by atoms with Gasteiger partial charge in [0, 0.05) is 23.6 Å². The van der Waals surface area contributed by atoms with E-state index in [1.54, 1.807) is 6.07 Å². The average Bonchev–Trinajstić information content (AvgIpc) is 3.31. The van der Waals surface area contributed by atoms with E-state index in [9.17, 15) is 4.79 Å². The first-order valence-electron chi connectivity index (χ1n) is 11.2. The van der Waals surface area contributed by atoms with Crippen LogP contribution in [0.15, 0.2) is 83.7 Å². The zero-order chi connectivity index (χ0) is 23.5. The molecule has 0 amide bonds. The molecule has 1 atom stereocenters. The molecule has 172 valence electrons. The summed E-state index contributed by atoms with van der Waals surface area (Å²) in [6.07, 6.45) is 0. The van der Waals surface area contributed by atoms with Crippen molar-refractivity contribution in [2.45, 2.75) is 26.1 Å².